The number of ether oxygens (including phenoxy) is 1. The van der Waals surface area contributed by atoms with E-state index < -0.39 is 11.8 Å². The highest BCUT2D eigenvalue weighted by atomic mass is 16.5. The Kier molecular flexibility index (Phi) is 4.15. The first kappa shape index (κ1) is 16.6. The molecule has 2 aliphatic rings. The van der Waals surface area contributed by atoms with Gasteiger partial charge in [0.2, 0.25) is 5.91 Å². The molecule has 1 fully saturated rings. The van der Waals surface area contributed by atoms with Crippen LogP contribution >= 0.6 is 0 Å². The van der Waals surface area contributed by atoms with Gasteiger partial charge >= 0.3 is 5.97 Å². The molecule has 1 heterocycles. The Labute approximate surface area is 152 Å². The van der Waals surface area contributed by atoms with Gasteiger partial charge in [0.1, 0.15) is 11.5 Å². The molecule has 0 bridgehead atoms. The minimum absolute atomic E-state index is 0.153. The summed E-state index contributed by atoms with van der Waals surface area (Å²) < 4.78 is 5.48. The number of phenols is 1. The number of aromatic hydroxyl groups is 1. The van der Waals surface area contributed by atoms with Crippen LogP contribution in [-0.4, -0.2) is 23.5 Å². The highest BCUT2D eigenvalue weighted by molar-refractivity contribution is 5.92. The molecule has 2 aromatic rings. The monoisotopic (exact) mass is 351 g/mol. The zero-order chi connectivity index (χ0) is 18.3. The number of amides is 1. The van der Waals surface area contributed by atoms with Crippen LogP contribution in [0.5, 0.6) is 11.5 Å². The summed E-state index contributed by atoms with van der Waals surface area (Å²) in [5, 5.41) is 13.3. The van der Waals surface area contributed by atoms with E-state index in [-0.39, 0.29) is 29.5 Å². The summed E-state index contributed by atoms with van der Waals surface area (Å²) in [5.41, 5.74) is 1.62. The maximum atomic E-state index is 12.8. The van der Waals surface area contributed by atoms with Crippen molar-refractivity contribution in [2.75, 3.05) is 6.54 Å². The average Bonchev–Trinajstić information content (AvgIpc) is 2.62. The third kappa shape index (κ3) is 2.46. The number of hydrogen-bond donors (Lipinski definition) is 2. The van der Waals surface area contributed by atoms with Crippen LogP contribution in [0.1, 0.15) is 36.3 Å². The normalized spacial score (nSPS) is 26.1. The van der Waals surface area contributed by atoms with Crippen LogP contribution in [0.2, 0.25) is 0 Å². The third-order valence-electron chi connectivity index (χ3n) is 5.46. The van der Waals surface area contributed by atoms with Crippen molar-refractivity contribution in [3.05, 3.63) is 59.7 Å². The molecule has 1 aliphatic carbocycles. The van der Waals surface area contributed by atoms with E-state index in [1.807, 2.05) is 37.3 Å². The topological polar surface area (TPSA) is 75.6 Å². The second-order valence-corrected chi connectivity index (χ2v) is 6.91. The molecule has 5 nitrogen and oxygen atoms in total. The van der Waals surface area contributed by atoms with Crippen molar-refractivity contribution < 1.29 is 19.4 Å². The van der Waals surface area contributed by atoms with Crippen LogP contribution in [-0.2, 0) is 9.59 Å². The van der Waals surface area contributed by atoms with Crippen molar-refractivity contribution >= 4 is 11.9 Å². The zero-order valence-corrected chi connectivity index (χ0v) is 14.5. The molecule has 2 aromatic carbocycles. The van der Waals surface area contributed by atoms with E-state index in [4.69, 9.17) is 4.74 Å². The maximum absolute atomic E-state index is 12.8. The fourth-order valence-corrected chi connectivity index (χ4v) is 4.30. The molecule has 26 heavy (non-hydrogen) atoms. The van der Waals surface area contributed by atoms with Crippen LogP contribution in [0, 0.1) is 11.8 Å². The number of benzene rings is 2. The molecule has 134 valence electrons. The van der Waals surface area contributed by atoms with E-state index in [2.05, 4.69) is 5.32 Å². The van der Waals surface area contributed by atoms with Gasteiger partial charge in [-0.3, -0.25) is 9.59 Å². The quantitative estimate of drug-likeness (QED) is 0.656. The number of fused-ring (bicyclic) bond motifs is 3. The minimum atomic E-state index is -0.541. The van der Waals surface area contributed by atoms with Gasteiger partial charge in [-0.25, -0.2) is 0 Å². The van der Waals surface area contributed by atoms with Crippen LogP contribution in [0.4, 0.5) is 0 Å². The summed E-state index contributed by atoms with van der Waals surface area (Å²) in [6.45, 7) is 2.54. The first-order valence-corrected chi connectivity index (χ1v) is 8.99. The highest BCUT2D eigenvalue weighted by Crippen LogP contribution is 2.62. The molecule has 1 amide bonds. The van der Waals surface area contributed by atoms with Gasteiger partial charge in [-0.05, 0) is 29.7 Å². The SMILES string of the molecule is CCCNC(=O)[C@@H]1[C@H]2C(=O)Oc3ccccc3[C@H]2[C@@H]1c1ccccc1O. The molecule has 0 saturated heterocycles. The lowest BCUT2D eigenvalue weighted by Crippen LogP contribution is -2.57. The van der Waals surface area contributed by atoms with E-state index in [9.17, 15) is 14.7 Å². The summed E-state index contributed by atoms with van der Waals surface area (Å²) in [7, 11) is 0. The average molecular weight is 351 g/mol. The number of rotatable bonds is 4. The Hall–Kier alpha value is -2.82. The minimum Gasteiger partial charge on any atom is -0.508 e. The molecular formula is C21H21NO4. The lowest BCUT2D eigenvalue weighted by molar-refractivity contribution is -0.157. The van der Waals surface area contributed by atoms with Gasteiger partial charge in [0.05, 0.1) is 11.8 Å². The smallest absolute Gasteiger partial charge is 0.315 e. The number of carbonyl (C=O) groups is 2. The molecule has 0 spiro atoms. The van der Waals surface area contributed by atoms with E-state index in [1.165, 1.54) is 0 Å². The van der Waals surface area contributed by atoms with Gasteiger partial charge in [-0.2, -0.15) is 0 Å². The largest absolute Gasteiger partial charge is 0.508 e. The Morgan fingerprint density at radius 3 is 2.46 bits per heavy atom. The van der Waals surface area contributed by atoms with Gasteiger partial charge < -0.3 is 15.2 Å². The van der Waals surface area contributed by atoms with E-state index in [1.54, 1.807) is 18.2 Å². The predicted molar refractivity (Wildman–Crippen MR) is 95.9 cm³/mol. The van der Waals surface area contributed by atoms with E-state index in [0.717, 1.165) is 12.0 Å². The van der Waals surface area contributed by atoms with Crippen molar-refractivity contribution in [3.63, 3.8) is 0 Å². The molecule has 1 aliphatic heterocycles. The lowest BCUT2D eigenvalue weighted by Gasteiger charge is -2.52. The van der Waals surface area contributed by atoms with E-state index in [0.29, 0.717) is 17.9 Å². The number of hydrogen-bond acceptors (Lipinski definition) is 4. The van der Waals surface area contributed by atoms with Crippen LogP contribution < -0.4 is 10.1 Å². The highest BCUT2D eigenvalue weighted by Gasteiger charge is 2.61. The number of esters is 1. The van der Waals surface area contributed by atoms with Crippen molar-refractivity contribution in [2.45, 2.75) is 25.2 Å². The molecule has 0 unspecified atom stereocenters. The first-order chi connectivity index (χ1) is 12.6. The molecule has 5 heteroatoms. The fourth-order valence-electron chi connectivity index (χ4n) is 4.30. The molecule has 2 N–H and O–H groups in total. The van der Waals surface area contributed by atoms with Crippen molar-refractivity contribution in [1.29, 1.82) is 0 Å². The second kappa shape index (κ2) is 6.48. The number of phenolic OH excluding ortho intramolecular Hbond substituents is 1. The van der Waals surface area contributed by atoms with Gasteiger partial charge in [-0.15, -0.1) is 0 Å². The molecular weight excluding hydrogens is 330 g/mol. The van der Waals surface area contributed by atoms with Crippen LogP contribution in [0.3, 0.4) is 0 Å². The Morgan fingerprint density at radius 2 is 1.73 bits per heavy atom. The van der Waals surface area contributed by atoms with E-state index >= 15 is 0 Å². The van der Waals surface area contributed by atoms with Gasteiger partial charge in [0.15, 0.2) is 0 Å². The Morgan fingerprint density at radius 1 is 1.04 bits per heavy atom. The van der Waals surface area contributed by atoms with Crippen LogP contribution in [0.15, 0.2) is 48.5 Å². The van der Waals surface area contributed by atoms with Crippen molar-refractivity contribution in [3.8, 4) is 11.5 Å². The summed E-state index contributed by atoms with van der Waals surface area (Å²) >= 11 is 0. The second-order valence-electron chi connectivity index (χ2n) is 6.91. The maximum Gasteiger partial charge on any atom is 0.315 e. The Balaban J connectivity index is 1.79. The Bertz CT molecular complexity index is 863. The summed E-state index contributed by atoms with van der Waals surface area (Å²) in [4.78, 5) is 25.4. The number of carbonyl (C=O) groups excluding carboxylic acids is 2. The summed E-state index contributed by atoms with van der Waals surface area (Å²) in [6.07, 6.45) is 0.821. The molecule has 4 atom stereocenters. The molecule has 0 aromatic heterocycles. The standard InChI is InChI=1S/C21H21NO4/c1-2-11-22-20(24)18-16(12-7-3-5-9-14(12)23)17-13-8-4-6-10-15(13)26-21(25)19(17)18/h3-10,16-19,23H,2,11H2,1H3,(H,22,24)/t16-,17-,18-,19-/m0/s1. The zero-order valence-electron chi connectivity index (χ0n) is 14.5. The van der Waals surface area contributed by atoms with Gasteiger partial charge in [0.25, 0.3) is 0 Å². The van der Waals surface area contributed by atoms with Crippen molar-refractivity contribution in [2.24, 2.45) is 11.8 Å². The van der Waals surface area contributed by atoms with Gasteiger partial charge in [0, 0.05) is 18.4 Å². The summed E-state index contributed by atoms with van der Waals surface area (Å²) in [6, 6.07) is 14.5. The molecule has 1 saturated carbocycles. The lowest BCUT2D eigenvalue weighted by atomic mass is 9.51. The van der Waals surface area contributed by atoms with Crippen LogP contribution in [0.25, 0.3) is 0 Å². The number of nitrogens with one attached hydrogen (secondary N) is 1. The first-order valence-electron chi connectivity index (χ1n) is 8.99. The molecule has 4 rings (SSSR count). The summed E-state index contributed by atoms with van der Waals surface area (Å²) in [5.74, 6) is -1.31. The number of para-hydroxylation sites is 2. The fraction of sp³-hybridized carbons (Fsp3) is 0.333. The molecule has 0 radical (unpaired) electrons. The van der Waals surface area contributed by atoms with Gasteiger partial charge in [-0.1, -0.05) is 43.3 Å². The van der Waals surface area contributed by atoms with Crippen molar-refractivity contribution in [1.82, 2.24) is 5.32 Å². The predicted octanol–water partition coefficient (Wildman–Crippen LogP) is 2.95. The third-order valence-corrected chi connectivity index (χ3v) is 5.46.